The molecule has 1 spiro atoms. The molecule has 6 aliphatic rings. The van der Waals surface area contributed by atoms with Crippen LogP contribution < -0.4 is 0 Å². The van der Waals surface area contributed by atoms with Crippen LogP contribution in [0.2, 0.25) is 0 Å². The quantitative estimate of drug-likeness (QED) is 0.567. The number of hydrogen-bond donors (Lipinski definition) is 3. The zero-order chi connectivity index (χ0) is 22.7. The van der Waals surface area contributed by atoms with Gasteiger partial charge in [-0.25, -0.2) is 0 Å². The highest BCUT2D eigenvalue weighted by Gasteiger charge is 2.70. The molecule has 5 nitrogen and oxygen atoms in total. The molecular formula is C27H44O5. The summed E-state index contributed by atoms with van der Waals surface area (Å²) in [5, 5.41) is 30.7. The summed E-state index contributed by atoms with van der Waals surface area (Å²) in [6, 6.07) is 0. The van der Waals surface area contributed by atoms with Crippen molar-refractivity contribution in [1.29, 1.82) is 0 Å². The lowest BCUT2D eigenvalue weighted by Crippen LogP contribution is -2.57. The van der Waals surface area contributed by atoms with Gasteiger partial charge in [-0.15, -0.1) is 0 Å². The first kappa shape index (κ1) is 22.3. The van der Waals surface area contributed by atoms with Gasteiger partial charge in [-0.1, -0.05) is 20.8 Å². The molecule has 6 rings (SSSR count). The number of aliphatic hydroxyl groups excluding tert-OH is 3. The Morgan fingerprint density at radius 1 is 0.875 bits per heavy atom. The molecule has 13 atom stereocenters. The first-order valence-electron chi connectivity index (χ1n) is 13.4. The third-order valence-electron chi connectivity index (χ3n) is 12.1. The van der Waals surface area contributed by atoms with E-state index in [0.29, 0.717) is 35.5 Å². The van der Waals surface area contributed by atoms with Crippen LogP contribution in [0.25, 0.3) is 0 Å². The standard InChI is InChI=1S/C27H44O5/c1-15-23-22(31-27(15)10-9-24(2,14-28)32-27)12-19-17-6-5-16-11-20(29)21(30)13-26(16,4)18(17)7-8-25(19,23)3/h15-23,28-30H,5-14H2,1-4H3. The van der Waals surface area contributed by atoms with Crippen LogP contribution in [0.15, 0.2) is 0 Å². The second-order valence-electron chi connectivity index (χ2n) is 13.5. The van der Waals surface area contributed by atoms with Crippen LogP contribution in [-0.4, -0.2) is 51.6 Å². The molecule has 6 fully saturated rings. The van der Waals surface area contributed by atoms with Gasteiger partial charge in [0.05, 0.1) is 30.5 Å². The highest BCUT2D eigenvalue weighted by molar-refractivity contribution is 5.16. The van der Waals surface area contributed by atoms with Gasteiger partial charge in [0, 0.05) is 12.3 Å². The molecule has 0 aromatic heterocycles. The minimum Gasteiger partial charge on any atom is -0.393 e. The predicted octanol–water partition coefficient (Wildman–Crippen LogP) is 3.88. The maximum absolute atomic E-state index is 10.6. The second kappa shape index (κ2) is 6.94. The molecular weight excluding hydrogens is 404 g/mol. The van der Waals surface area contributed by atoms with Crippen molar-refractivity contribution >= 4 is 0 Å². The van der Waals surface area contributed by atoms with Crippen LogP contribution >= 0.6 is 0 Å². The van der Waals surface area contributed by atoms with Crippen LogP contribution in [0.3, 0.4) is 0 Å². The summed E-state index contributed by atoms with van der Waals surface area (Å²) in [5.74, 6) is 2.97. The maximum Gasteiger partial charge on any atom is 0.172 e. The molecule has 182 valence electrons. The van der Waals surface area contributed by atoms with Crippen molar-refractivity contribution in [1.82, 2.24) is 0 Å². The van der Waals surface area contributed by atoms with Crippen molar-refractivity contribution in [3.8, 4) is 0 Å². The fourth-order valence-electron chi connectivity index (χ4n) is 10.4. The minimum absolute atomic E-state index is 0.0596. The molecule has 32 heavy (non-hydrogen) atoms. The highest BCUT2D eigenvalue weighted by Crippen LogP contribution is 2.71. The predicted molar refractivity (Wildman–Crippen MR) is 121 cm³/mol. The summed E-state index contributed by atoms with van der Waals surface area (Å²) >= 11 is 0. The Balaban J connectivity index is 1.26. The third-order valence-corrected chi connectivity index (χ3v) is 12.1. The lowest BCUT2D eigenvalue weighted by Gasteiger charge is -2.61. The van der Waals surface area contributed by atoms with Gasteiger partial charge >= 0.3 is 0 Å². The van der Waals surface area contributed by atoms with E-state index in [4.69, 9.17) is 9.47 Å². The SMILES string of the molecule is CC1C2C(CC3C4CCC5CC(O)C(O)CC5(C)C4CCC32C)OC12CCC(C)(CO)O2. The monoisotopic (exact) mass is 448 g/mol. The van der Waals surface area contributed by atoms with Gasteiger partial charge in [-0.05, 0) is 98.7 Å². The fraction of sp³-hybridized carbons (Fsp3) is 1.00. The lowest BCUT2D eigenvalue weighted by molar-refractivity contribution is -0.262. The summed E-state index contributed by atoms with van der Waals surface area (Å²) in [6.07, 6.45) is 8.56. The molecule has 0 aromatic carbocycles. The van der Waals surface area contributed by atoms with Crippen molar-refractivity contribution < 1.29 is 24.8 Å². The van der Waals surface area contributed by atoms with Gasteiger partial charge in [-0.2, -0.15) is 0 Å². The smallest absolute Gasteiger partial charge is 0.172 e. The maximum atomic E-state index is 10.6. The van der Waals surface area contributed by atoms with Gasteiger partial charge in [0.2, 0.25) is 0 Å². The Bertz CT molecular complexity index is 773. The Morgan fingerprint density at radius 3 is 2.38 bits per heavy atom. The van der Waals surface area contributed by atoms with Crippen LogP contribution in [0.4, 0.5) is 0 Å². The van der Waals surface area contributed by atoms with Crippen LogP contribution in [0, 0.1) is 46.3 Å². The van der Waals surface area contributed by atoms with Crippen molar-refractivity contribution in [2.75, 3.05) is 6.61 Å². The average molecular weight is 449 g/mol. The van der Waals surface area contributed by atoms with Gasteiger partial charge < -0.3 is 24.8 Å². The molecule has 0 radical (unpaired) electrons. The Morgan fingerprint density at radius 2 is 1.66 bits per heavy atom. The Labute approximate surface area is 193 Å². The largest absolute Gasteiger partial charge is 0.393 e. The lowest BCUT2D eigenvalue weighted by atomic mass is 9.44. The van der Waals surface area contributed by atoms with E-state index in [2.05, 4.69) is 20.8 Å². The van der Waals surface area contributed by atoms with Crippen LogP contribution in [-0.2, 0) is 9.47 Å². The molecule has 2 saturated heterocycles. The van der Waals surface area contributed by atoms with E-state index >= 15 is 0 Å². The molecule has 0 bridgehead atoms. The van der Waals surface area contributed by atoms with E-state index in [1.54, 1.807) is 0 Å². The minimum atomic E-state index is -0.560. The molecule has 4 aliphatic carbocycles. The van der Waals surface area contributed by atoms with Crippen molar-refractivity contribution in [3.05, 3.63) is 0 Å². The third kappa shape index (κ3) is 2.75. The van der Waals surface area contributed by atoms with E-state index in [1.807, 2.05) is 6.92 Å². The molecule has 0 aromatic rings. The normalized spacial score (nSPS) is 63.7. The summed E-state index contributed by atoms with van der Waals surface area (Å²) in [6.45, 7) is 9.41. The van der Waals surface area contributed by atoms with E-state index < -0.39 is 23.6 Å². The number of ether oxygens (including phenoxy) is 2. The fourth-order valence-corrected chi connectivity index (χ4v) is 10.4. The average Bonchev–Trinajstić information content (AvgIpc) is 3.33. The zero-order valence-electron chi connectivity index (χ0n) is 20.4. The Hall–Kier alpha value is -0.200. The van der Waals surface area contributed by atoms with E-state index in [0.717, 1.165) is 32.1 Å². The first-order valence-corrected chi connectivity index (χ1v) is 13.4. The van der Waals surface area contributed by atoms with Gasteiger partial charge in [0.25, 0.3) is 0 Å². The summed E-state index contributed by atoms with van der Waals surface area (Å²) < 4.78 is 13.3. The molecule has 5 heteroatoms. The van der Waals surface area contributed by atoms with Crippen molar-refractivity contribution in [2.45, 2.75) is 115 Å². The van der Waals surface area contributed by atoms with Crippen molar-refractivity contribution in [3.63, 3.8) is 0 Å². The molecule has 4 saturated carbocycles. The number of fused-ring (bicyclic) bond motifs is 7. The van der Waals surface area contributed by atoms with E-state index in [-0.39, 0.29) is 23.5 Å². The first-order chi connectivity index (χ1) is 15.1. The number of rotatable bonds is 1. The van der Waals surface area contributed by atoms with E-state index in [1.165, 1.54) is 25.7 Å². The molecule has 13 unspecified atom stereocenters. The molecule has 2 heterocycles. The summed E-state index contributed by atoms with van der Waals surface area (Å²) in [7, 11) is 0. The Kier molecular flexibility index (Phi) is 4.83. The summed E-state index contributed by atoms with van der Waals surface area (Å²) in [4.78, 5) is 0. The van der Waals surface area contributed by atoms with Gasteiger partial charge in [0.15, 0.2) is 5.79 Å². The molecule has 2 aliphatic heterocycles. The summed E-state index contributed by atoms with van der Waals surface area (Å²) in [5.41, 5.74) is -0.0255. The topological polar surface area (TPSA) is 79.2 Å². The highest BCUT2D eigenvalue weighted by atomic mass is 16.7. The van der Waals surface area contributed by atoms with Crippen LogP contribution in [0.5, 0.6) is 0 Å². The number of hydrogen-bond acceptors (Lipinski definition) is 5. The zero-order valence-corrected chi connectivity index (χ0v) is 20.4. The van der Waals surface area contributed by atoms with Gasteiger partial charge in [-0.3, -0.25) is 0 Å². The second-order valence-corrected chi connectivity index (χ2v) is 13.5. The number of aliphatic hydroxyl groups is 3. The van der Waals surface area contributed by atoms with Gasteiger partial charge in [0.1, 0.15) is 0 Å². The molecule has 0 amide bonds. The van der Waals surface area contributed by atoms with Crippen LogP contribution in [0.1, 0.15) is 85.5 Å². The van der Waals surface area contributed by atoms with E-state index in [9.17, 15) is 15.3 Å². The molecule has 3 N–H and O–H groups in total. The van der Waals surface area contributed by atoms with Crippen molar-refractivity contribution in [2.24, 2.45) is 46.3 Å².